The molecule has 3 N–H and O–H groups in total. The Morgan fingerprint density at radius 3 is 2.43 bits per heavy atom. The van der Waals surface area contributed by atoms with Crippen LogP contribution in [-0.2, 0) is 9.59 Å². The first-order chi connectivity index (χ1) is 11.0. The van der Waals surface area contributed by atoms with Gasteiger partial charge in [-0.05, 0) is 31.0 Å². The first-order valence-electron chi connectivity index (χ1n) is 7.31. The highest BCUT2D eigenvalue weighted by Crippen LogP contribution is 2.23. The first kappa shape index (κ1) is 17.1. The van der Waals surface area contributed by atoms with Crippen molar-refractivity contribution in [1.82, 2.24) is 5.32 Å². The molecule has 0 aliphatic heterocycles. The molecule has 1 atom stereocenters. The summed E-state index contributed by atoms with van der Waals surface area (Å²) in [5.74, 6) is -0.552. The molecule has 0 saturated heterocycles. The Bertz CT molecular complexity index is 701. The van der Waals surface area contributed by atoms with Crippen molar-refractivity contribution >= 4 is 23.6 Å². The SMILES string of the molecule is Cc1ccc(SCC(=O)NC(C(N)=O)c2ccccc2)c(C)c1. The topological polar surface area (TPSA) is 72.2 Å². The molecular weight excluding hydrogens is 308 g/mol. The van der Waals surface area contributed by atoms with Crippen molar-refractivity contribution in [3.63, 3.8) is 0 Å². The number of hydrogen-bond acceptors (Lipinski definition) is 3. The van der Waals surface area contributed by atoms with Gasteiger partial charge in [-0.3, -0.25) is 9.59 Å². The number of carbonyl (C=O) groups excluding carboxylic acids is 2. The number of nitrogens with one attached hydrogen (secondary N) is 1. The smallest absolute Gasteiger partial charge is 0.244 e. The van der Waals surface area contributed by atoms with Gasteiger partial charge in [-0.25, -0.2) is 0 Å². The van der Waals surface area contributed by atoms with E-state index in [0.29, 0.717) is 5.56 Å². The molecule has 4 nitrogen and oxygen atoms in total. The van der Waals surface area contributed by atoms with Crippen molar-refractivity contribution in [2.45, 2.75) is 24.8 Å². The Morgan fingerprint density at radius 1 is 1.13 bits per heavy atom. The average Bonchev–Trinajstić information content (AvgIpc) is 2.52. The van der Waals surface area contributed by atoms with Crippen LogP contribution in [-0.4, -0.2) is 17.6 Å². The second-order valence-electron chi connectivity index (χ2n) is 5.37. The van der Waals surface area contributed by atoms with Crippen LogP contribution in [0.1, 0.15) is 22.7 Å². The van der Waals surface area contributed by atoms with Crippen molar-refractivity contribution < 1.29 is 9.59 Å². The summed E-state index contributed by atoms with van der Waals surface area (Å²) in [5, 5.41) is 2.70. The summed E-state index contributed by atoms with van der Waals surface area (Å²) >= 11 is 1.45. The van der Waals surface area contributed by atoms with Gasteiger partial charge < -0.3 is 11.1 Å². The monoisotopic (exact) mass is 328 g/mol. The Morgan fingerprint density at radius 2 is 1.83 bits per heavy atom. The van der Waals surface area contributed by atoms with Crippen molar-refractivity contribution in [3.8, 4) is 0 Å². The molecule has 0 saturated carbocycles. The number of nitrogens with two attached hydrogens (primary N) is 1. The van der Waals surface area contributed by atoms with Crippen molar-refractivity contribution in [2.24, 2.45) is 5.73 Å². The third-order valence-corrected chi connectivity index (χ3v) is 4.59. The maximum absolute atomic E-state index is 12.1. The highest BCUT2D eigenvalue weighted by atomic mass is 32.2. The summed E-state index contributed by atoms with van der Waals surface area (Å²) in [7, 11) is 0. The standard InChI is InChI=1S/C18H20N2O2S/c1-12-8-9-15(13(2)10-12)23-11-16(21)20-17(18(19)22)14-6-4-3-5-7-14/h3-10,17H,11H2,1-2H3,(H2,19,22)(H,20,21). The van der Waals surface area contributed by atoms with Crippen molar-refractivity contribution in [2.75, 3.05) is 5.75 Å². The Balaban J connectivity index is 1.98. The molecule has 120 valence electrons. The number of carbonyl (C=O) groups is 2. The van der Waals surface area contributed by atoms with E-state index in [1.165, 1.54) is 17.3 Å². The van der Waals surface area contributed by atoms with Crippen LogP contribution in [0.4, 0.5) is 0 Å². The summed E-state index contributed by atoms with van der Waals surface area (Å²) in [5.41, 5.74) is 8.42. The predicted octanol–water partition coefficient (Wildman–Crippen LogP) is 2.74. The maximum Gasteiger partial charge on any atom is 0.244 e. The minimum Gasteiger partial charge on any atom is -0.368 e. The zero-order chi connectivity index (χ0) is 16.8. The molecule has 5 heteroatoms. The normalized spacial score (nSPS) is 11.7. The third-order valence-electron chi connectivity index (χ3n) is 3.41. The van der Waals surface area contributed by atoms with Crippen LogP contribution in [0.5, 0.6) is 0 Å². The second-order valence-corrected chi connectivity index (χ2v) is 6.39. The number of thioether (sulfide) groups is 1. The fraction of sp³-hybridized carbons (Fsp3) is 0.222. The van der Waals surface area contributed by atoms with Gasteiger partial charge in [-0.15, -0.1) is 11.8 Å². The number of aryl methyl sites for hydroxylation is 2. The van der Waals surface area contributed by atoms with Crippen LogP contribution in [0.3, 0.4) is 0 Å². The first-order valence-corrected chi connectivity index (χ1v) is 8.29. The summed E-state index contributed by atoms with van der Waals surface area (Å²) in [6.07, 6.45) is 0. The van der Waals surface area contributed by atoms with Gasteiger partial charge in [0.2, 0.25) is 11.8 Å². The van der Waals surface area contributed by atoms with Crippen molar-refractivity contribution in [1.29, 1.82) is 0 Å². The molecule has 2 rings (SSSR count). The molecular formula is C18H20N2O2S. The zero-order valence-electron chi connectivity index (χ0n) is 13.2. The molecule has 1 unspecified atom stereocenters. The molecule has 23 heavy (non-hydrogen) atoms. The summed E-state index contributed by atoms with van der Waals surface area (Å²) in [6.45, 7) is 4.05. The van der Waals surface area contributed by atoms with Gasteiger partial charge in [-0.1, -0.05) is 48.0 Å². The van der Waals surface area contributed by atoms with Crippen LogP contribution in [0.15, 0.2) is 53.4 Å². The lowest BCUT2D eigenvalue weighted by molar-refractivity contribution is -0.126. The predicted molar refractivity (Wildman–Crippen MR) is 93.2 cm³/mol. The van der Waals surface area contributed by atoms with E-state index in [4.69, 9.17) is 5.73 Å². The van der Waals surface area contributed by atoms with E-state index in [2.05, 4.69) is 11.4 Å². The quantitative estimate of drug-likeness (QED) is 0.801. The van der Waals surface area contributed by atoms with Gasteiger partial charge in [0.05, 0.1) is 5.75 Å². The number of rotatable bonds is 6. The van der Waals surface area contributed by atoms with Gasteiger partial charge in [0.25, 0.3) is 0 Å². The molecule has 0 aliphatic carbocycles. The molecule has 0 radical (unpaired) electrons. The Labute approximate surface area is 140 Å². The van der Waals surface area contributed by atoms with E-state index < -0.39 is 11.9 Å². The highest BCUT2D eigenvalue weighted by Gasteiger charge is 2.19. The van der Waals surface area contributed by atoms with Crippen LogP contribution in [0.2, 0.25) is 0 Å². The molecule has 0 bridgehead atoms. The van der Waals surface area contributed by atoms with E-state index >= 15 is 0 Å². The van der Waals surface area contributed by atoms with Crippen LogP contribution in [0, 0.1) is 13.8 Å². The summed E-state index contributed by atoms with van der Waals surface area (Å²) in [4.78, 5) is 24.8. The molecule has 2 aromatic carbocycles. The largest absolute Gasteiger partial charge is 0.368 e. The van der Waals surface area contributed by atoms with Crippen LogP contribution >= 0.6 is 11.8 Å². The lowest BCUT2D eigenvalue weighted by Crippen LogP contribution is -2.38. The molecule has 0 fully saturated rings. The van der Waals surface area contributed by atoms with Gasteiger partial charge in [-0.2, -0.15) is 0 Å². The third kappa shape index (κ3) is 4.86. The van der Waals surface area contributed by atoms with Crippen LogP contribution < -0.4 is 11.1 Å². The number of amides is 2. The molecule has 2 amide bonds. The van der Waals surface area contributed by atoms with E-state index in [0.717, 1.165) is 10.5 Å². The number of primary amides is 1. The lowest BCUT2D eigenvalue weighted by Gasteiger charge is -2.16. The molecule has 0 aromatic heterocycles. The Kier molecular flexibility index (Phi) is 5.82. The minimum atomic E-state index is -0.802. The second kappa shape index (κ2) is 7.83. The molecule has 0 heterocycles. The number of hydrogen-bond donors (Lipinski definition) is 2. The van der Waals surface area contributed by atoms with E-state index in [1.54, 1.807) is 12.1 Å². The maximum atomic E-state index is 12.1. The fourth-order valence-corrected chi connectivity index (χ4v) is 3.09. The molecule has 0 aliphatic rings. The van der Waals surface area contributed by atoms with Gasteiger partial charge >= 0.3 is 0 Å². The van der Waals surface area contributed by atoms with Crippen molar-refractivity contribution in [3.05, 3.63) is 65.2 Å². The summed E-state index contributed by atoms with van der Waals surface area (Å²) in [6, 6.07) is 14.3. The van der Waals surface area contributed by atoms with E-state index in [-0.39, 0.29) is 11.7 Å². The van der Waals surface area contributed by atoms with E-state index in [1.807, 2.05) is 44.2 Å². The van der Waals surface area contributed by atoms with Gasteiger partial charge in [0, 0.05) is 4.90 Å². The van der Waals surface area contributed by atoms with Gasteiger partial charge in [0.1, 0.15) is 6.04 Å². The highest BCUT2D eigenvalue weighted by molar-refractivity contribution is 8.00. The zero-order valence-corrected chi connectivity index (χ0v) is 14.0. The minimum absolute atomic E-state index is 0.220. The van der Waals surface area contributed by atoms with Gasteiger partial charge in [0.15, 0.2) is 0 Å². The van der Waals surface area contributed by atoms with E-state index in [9.17, 15) is 9.59 Å². The Hall–Kier alpha value is -2.27. The van der Waals surface area contributed by atoms with Crippen LogP contribution in [0.25, 0.3) is 0 Å². The fourth-order valence-electron chi connectivity index (χ4n) is 2.27. The average molecular weight is 328 g/mol. The molecule has 2 aromatic rings. The summed E-state index contributed by atoms with van der Waals surface area (Å²) < 4.78 is 0. The lowest BCUT2D eigenvalue weighted by atomic mass is 10.1. The molecule has 0 spiro atoms. The number of benzene rings is 2.